The highest BCUT2D eigenvalue weighted by atomic mass is 16.5. The molecule has 0 aromatic heterocycles. The maximum absolute atomic E-state index is 10.9. The summed E-state index contributed by atoms with van der Waals surface area (Å²) < 4.78 is 5.01. The monoisotopic (exact) mass is 169 g/mol. The molecule has 1 amide bonds. The largest absolute Gasteiger partial charge is 0.380 e. The Morgan fingerprint density at radius 1 is 1.75 bits per heavy atom. The minimum absolute atomic E-state index is 0.155. The number of carbonyl (C=O) groups is 1. The summed E-state index contributed by atoms with van der Waals surface area (Å²) in [7, 11) is 1.69. The molecule has 0 saturated heterocycles. The van der Waals surface area contributed by atoms with Gasteiger partial charge in [-0.05, 0) is 12.0 Å². The van der Waals surface area contributed by atoms with Crippen molar-refractivity contribution in [1.82, 2.24) is 4.90 Å². The SMILES string of the molecule is COCC1=CCN(C(C)=O)CC1. The van der Waals surface area contributed by atoms with E-state index >= 15 is 0 Å². The first kappa shape index (κ1) is 9.26. The average Bonchev–Trinajstić information content (AvgIpc) is 2.06. The van der Waals surface area contributed by atoms with Gasteiger partial charge in [-0.3, -0.25) is 4.79 Å². The average molecular weight is 169 g/mol. The molecular formula is C9H15NO2. The number of ether oxygens (including phenoxy) is 1. The van der Waals surface area contributed by atoms with Crippen LogP contribution >= 0.6 is 0 Å². The van der Waals surface area contributed by atoms with Gasteiger partial charge >= 0.3 is 0 Å². The summed E-state index contributed by atoms with van der Waals surface area (Å²) in [5.41, 5.74) is 1.30. The van der Waals surface area contributed by atoms with Crippen LogP contribution in [0.2, 0.25) is 0 Å². The smallest absolute Gasteiger partial charge is 0.219 e. The Hall–Kier alpha value is -0.830. The van der Waals surface area contributed by atoms with Gasteiger partial charge in [-0.25, -0.2) is 0 Å². The van der Waals surface area contributed by atoms with Crippen LogP contribution in [-0.2, 0) is 9.53 Å². The molecule has 12 heavy (non-hydrogen) atoms. The molecule has 0 spiro atoms. The van der Waals surface area contributed by atoms with Crippen molar-refractivity contribution in [2.75, 3.05) is 26.8 Å². The highest BCUT2D eigenvalue weighted by Crippen LogP contribution is 2.10. The van der Waals surface area contributed by atoms with Gasteiger partial charge in [-0.1, -0.05) is 6.08 Å². The van der Waals surface area contributed by atoms with Gasteiger partial charge < -0.3 is 9.64 Å². The van der Waals surface area contributed by atoms with Crippen molar-refractivity contribution >= 4 is 5.91 Å². The van der Waals surface area contributed by atoms with Crippen LogP contribution in [0.15, 0.2) is 11.6 Å². The van der Waals surface area contributed by atoms with Crippen LogP contribution < -0.4 is 0 Å². The Balaban J connectivity index is 2.42. The molecule has 0 radical (unpaired) electrons. The molecule has 1 heterocycles. The fraction of sp³-hybridized carbons (Fsp3) is 0.667. The molecule has 0 unspecified atom stereocenters. The lowest BCUT2D eigenvalue weighted by molar-refractivity contribution is -0.128. The van der Waals surface area contributed by atoms with E-state index in [4.69, 9.17) is 4.74 Å². The molecule has 3 nitrogen and oxygen atoms in total. The highest BCUT2D eigenvalue weighted by Gasteiger charge is 2.12. The second kappa shape index (κ2) is 4.26. The second-order valence-electron chi connectivity index (χ2n) is 3.01. The molecule has 3 heteroatoms. The number of rotatable bonds is 2. The maximum Gasteiger partial charge on any atom is 0.219 e. The Morgan fingerprint density at radius 2 is 2.50 bits per heavy atom. The molecule has 1 rings (SSSR count). The Bertz CT molecular complexity index is 199. The standard InChI is InChI=1S/C9H15NO2/c1-8(11)10-5-3-9(4-6-10)7-12-2/h3H,4-7H2,1-2H3. The third-order valence-corrected chi connectivity index (χ3v) is 2.08. The summed E-state index contributed by atoms with van der Waals surface area (Å²) >= 11 is 0. The minimum Gasteiger partial charge on any atom is -0.380 e. The lowest BCUT2D eigenvalue weighted by atomic mass is 10.1. The molecule has 0 N–H and O–H groups in total. The number of nitrogens with zero attached hydrogens (tertiary/aromatic N) is 1. The van der Waals surface area contributed by atoms with Crippen molar-refractivity contribution in [2.45, 2.75) is 13.3 Å². The zero-order chi connectivity index (χ0) is 8.97. The van der Waals surface area contributed by atoms with Crippen LogP contribution in [0.25, 0.3) is 0 Å². The molecule has 0 saturated carbocycles. The van der Waals surface area contributed by atoms with E-state index < -0.39 is 0 Å². The number of hydrogen-bond acceptors (Lipinski definition) is 2. The third-order valence-electron chi connectivity index (χ3n) is 2.08. The lowest BCUT2D eigenvalue weighted by Crippen LogP contribution is -2.33. The van der Waals surface area contributed by atoms with E-state index in [2.05, 4.69) is 6.08 Å². The van der Waals surface area contributed by atoms with Crippen molar-refractivity contribution in [3.05, 3.63) is 11.6 Å². The first-order valence-corrected chi connectivity index (χ1v) is 4.16. The molecule has 1 aliphatic rings. The van der Waals surface area contributed by atoms with Crippen molar-refractivity contribution in [3.8, 4) is 0 Å². The van der Waals surface area contributed by atoms with Gasteiger partial charge in [-0.15, -0.1) is 0 Å². The van der Waals surface area contributed by atoms with Gasteiger partial charge in [0.05, 0.1) is 6.61 Å². The Morgan fingerprint density at radius 3 is 2.92 bits per heavy atom. The molecule has 0 bridgehead atoms. The van der Waals surface area contributed by atoms with Gasteiger partial charge in [0.25, 0.3) is 0 Å². The molecule has 0 aromatic rings. The zero-order valence-electron chi connectivity index (χ0n) is 7.67. The Kier molecular flexibility index (Phi) is 3.29. The molecule has 0 atom stereocenters. The highest BCUT2D eigenvalue weighted by molar-refractivity contribution is 5.73. The van der Waals surface area contributed by atoms with E-state index in [0.29, 0.717) is 6.61 Å². The summed E-state index contributed by atoms with van der Waals surface area (Å²) in [6.07, 6.45) is 3.03. The van der Waals surface area contributed by atoms with Crippen LogP contribution in [0, 0.1) is 0 Å². The molecular weight excluding hydrogens is 154 g/mol. The predicted octanol–water partition coefficient (Wildman–Crippen LogP) is 0.811. The van der Waals surface area contributed by atoms with Gasteiger partial charge in [0.15, 0.2) is 0 Å². The summed E-state index contributed by atoms with van der Waals surface area (Å²) in [5, 5.41) is 0. The van der Waals surface area contributed by atoms with Crippen LogP contribution in [0.3, 0.4) is 0 Å². The first-order valence-electron chi connectivity index (χ1n) is 4.16. The summed E-state index contributed by atoms with van der Waals surface area (Å²) in [6.45, 7) is 3.89. The van der Waals surface area contributed by atoms with E-state index in [0.717, 1.165) is 19.5 Å². The second-order valence-corrected chi connectivity index (χ2v) is 3.01. The van der Waals surface area contributed by atoms with Crippen molar-refractivity contribution in [3.63, 3.8) is 0 Å². The summed E-state index contributed by atoms with van der Waals surface area (Å²) in [5.74, 6) is 0.155. The molecule has 0 aliphatic carbocycles. The first-order chi connectivity index (χ1) is 5.74. The van der Waals surface area contributed by atoms with Crippen molar-refractivity contribution < 1.29 is 9.53 Å². The van der Waals surface area contributed by atoms with Crippen LogP contribution in [0.4, 0.5) is 0 Å². The van der Waals surface area contributed by atoms with Crippen molar-refractivity contribution in [2.24, 2.45) is 0 Å². The number of methoxy groups -OCH3 is 1. The number of carbonyl (C=O) groups excluding carboxylic acids is 1. The number of hydrogen-bond donors (Lipinski definition) is 0. The number of amides is 1. The van der Waals surface area contributed by atoms with Gasteiger partial charge in [-0.2, -0.15) is 0 Å². The van der Waals surface area contributed by atoms with Gasteiger partial charge in [0.2, 0.25) is 5.91 Å². The Labute approximate surface area is 73.0 Å². The fourth-order valence-electron chi connectivity index (χ4n) is 1.31. The zero-order valence-corrected chi connectivity index (χ0v) is 7.67. The lowest BCUT2D eigenvalue weighted by Gasteiger charge is -2.24. The van der Waals surface area contributed by atoms with E-state index in [-0.39, 0.29) is 5.91 Å². The summed E-state index contributed by atoms with van der Waals surface area (Å²) in [4.78, 5) is 12.8. The van der Waals surface area contributed by atoms with Crippen molar-refractivity contribution in [1.29, 1.82) is 0 Å². The van der Waals surface area contributed by atoms with Gasteiger partial charge in [0.1, 0.15) is 0 Å². The van der Waals surface area contributed by atoms with E-state index in [1.165, 1.54) is 5.57 Å². The normalized spacial score (nSPS) is 17.5. The molecule has 1 aliphatic heterocycles. The molecule has 0 aromatic carbocycles. The van der Waals surface area contributed by atoms with Crippen LogP contribution in [0.5, 0.6) is 0 Å². The quantitative estimate of drug-likeness (QED) is 0.572. The van der Waals surface area contributed by atoms with E-state index in [9.17, 15) is 4.79 Å². The predicted molar refractivity (Wildman–Crippen MR) is 46.8 cm³/mol. The summed E-state index contributed by atoms with van der Waals surface area (Å²) in [6, 6.07) is 0. The fourth-order valence-corrected chi connectivity index (χ4v) is 1.31. The maximum atomic E-state index is 10.9. The molecule has 68 valence electrons. The van der Waals surface area contributed by atoms with Gasteiger partial charge in [0, 0.05) is 27.1 Å². The van der Waals surface area contributed by atoms with Crippen LogP contribution in [-0.4, -0.2) is 37.6 Å². The van der Waals surface area contributed by atoms with Crippen LogP contribution in [0.1, 0.15) is 13.3 Å². The topological polar surface area (TPSA) is 29.5 Å². The van der Waals surface area contributed by atoms with E-state index in [1.54, 1.807) is 14.0 Å². The molecule has 0 fully saturated rings. The van der Waals surface area contributed by atoms with E-state index in [1.807, 2.05) is 4.90 Å². The minimum atomic E-state index is 0.155. The third kappa shape index (κ3) is 2.34.